The van der Waals surface area contributed by atoms with Crippen LogP contribution in [-0.4, -0.2) is 23.8 Å². The first-order valence-corrected chi connectivity index (χ1v) is 4.20. The molecule has 0 aromatic carbocycles. The van der Waals surface area contributed by atoms with Gasteiger partial charge in [-0.05, 0) is 26.2 Å². The van der Waals surface area contributed by atoms with E-state index < -0.39 is 0 Å². The molecule has 0 radical (unpaired) electrons. The van der Waals surface area contributed by atoms with E-state index in [0.29, 0.717) is 18.7 Å². The molecule has 0 aromatic heterocycles. The first-order chi connectivity index (χ1) is 4.83. The van der Waals surface area contributed by atoms with Crippen LogP contribution in [0, 0.1) is 0 Å². The third-order valence-corrected chi connectivity index (χ3v) is 2.19. The molecule has 60 valence electrons. The highest BCUT2D eigenvalue weighted by atomic mass is 16.3. The van der Waals surface area contributed by atoms with Crippen molar-refractivity contribution >= 4 is 0 Å². The van der Waals surface area contributed by atoms with E-state index in [1.807, 2.05) is 0 Å². The zero-order chi connectivity index (χ0) is 7.40. The number of rotatable bonds is 2. The molecule has 0 aliphatic carbocycles. The zero-order valence-corrected chi connectivity index (χ0v) is 6.64. The van der Waals surface area contributed by atoms with Gasteiger partial charge in [0.25, 0.3) is 0 Å². The molecular weight excluding hydrogens is 126 g/mol. The molecule has 0 saturated carbocycles. The van der Waals surface area contributed by atoms with Gasteiger partial charge in [-0.2, -0.15) is 0 Å². The van der Waals surface area contributed by atoms with Crippen molar-refractivity contribution in [3.8, 4) is 0 Å². The van der Waals surface area contributed by atoms with Gasteiger partial charge in [0.2, 0.25) is 0 Å². The van der Waals surface area contributed by atoms with Gasteiger partial charge in [0.15, 0.2) is 0 Å². The molecule has 1 heterocycles. The van der Waals surface area contributed by atoms with Gasteiger partial charge in [-0.15, -0.1) is 0 Å². The fourth-order valence-corrected chi connectivity index (χ4v) is 1.62. The molecule has 10 heavy (non-hydrogen) atoms. The minimum absolute atomic E-state index is 0.324. The Morgan fingerprint density at radius 3 is 2.90 bits per heavy atom. The van der Waals surface area contributed by atoms with Gasteiger partial charge >= 0.3 is 0 Å². The lowest BCUT2D eigenvalue weighted by Gasteiger charge is -2.28. The summed E-state index contributed by atoms with van der Waals surface area (Å²) in [5.74, 6) is 0. The van der Waals surface area contributed by atoms with Crippen molar-refractivity contribution in [2.75, 3.05) is 6.61 Å². The topological polar surface area (TPSA) is 32.3 Å². The normalized spacial score (nSPS) is 34.2. The average molecular weight is 143 g/mol. The second-order valence-corrected chi connectivity index (χ2v) is 3.21. The van der Waals surface area contributed by atoms with Gasteiger partial charge in [0, 0.05) is 18.7 Å². The molecule has 1 rings (SSSR count). The van der Waals surface area contributed by atoms with Crippen LogP contribution in [0.5, 0.6) is 0 Å². The van der Waals surface area contributed by atoms with E-state index in [0.717, 1.165) is 6.42 Å². The Kier molecular flexibility index (Phi) is 3.16. The summed E-state index contributed by atoms with van der Waals surface area (Å²) in [7, 11) is 0. The van der Waals surface area contributed by atoms with E-state index in [1.165, 1.54) is 19.3 Å². The fourth-order valence-electron chi connectivity index (χ4n) is 1.62. The standard InChI is InChI=1S/C8H17NO/c1-7-3-2-4-8(9-7)5-6-10/h7-10H,2-6H2,1H3/t7-,8-/m1/s1. The van der Waals surface area contributed by atoms with Crippen LogP contribution in [-0.2, 0) is 0 Å². The minimum atomic E-state index is 0.324. The number of hydrogen-bond acceptors (Lipinski definition) is 2. The Labute approximate surface area is 62.6 Å². The van der Waals surface area contributed by atoms with Crippen molar-refractivity contribution in [2.45, 2.75) is 44.7 Å². The molecule has 2 heteroatoms. The first kappa shape index (κ1) is 8.02. The zero-order valence-electron chi connectivity index (χ0n) is 6.64. The van der Waals surface area contributed by atoms with E-state index in [4.69, 9.17) is 5.11 Å². The van der Waals surface area contributed by atoms with Gasteiger partial charge in [0.05, 0.1) is 0 Å². The lowest BCUT2D eigenvalue weighted by Crippen LogP contribution is -2.40. The van der Waals surface area contributed by atoms with Gasteiger partial charge in [-0.25, -0.2) is 0 Å². The minimum Gasteiger partial charge on any atom is -0.396 e. The molecule has 0 amide bonds. The SMILES string of the molecule is C[C@@H]1CCC[C@H](CCO)N1. The number of aliphatic hydroxyl groups excluding tert-OH is 1. The van der Waals surface area contributed by atoms with Crippen molar-refractivity contribution in [2.24, 2.45) is 0 Å². The Hall–Kier alpha value is -0.0800. The second-order valence-electron chi connectivity index (χ2n) is 3.21. The van der Waals surface area contributed by atoms with Gasteiger partial charge in [0.1, 0.15) is 0 Å². The fraction of sp³-hybridized carbons (Fsp3) is 1.00. The van der Waals surface area contributed by atoms with Crippen LogP contribution in [0.25, 0.3) is 0 Å². The third-order valence-electron chi connectivity index (χ3n) is 2.19. The number of nitrogens with one attached hydrogen (secondary N) is 1. The first-order valence-electron chi connectivity index (χ1n) is 4.20. The summed E-state index contributed by atoms with van der Waals surface area (Å²) >= 11 is 0. The molecule has 1 saturated heterocycles. The van der Waals surface area contributed by atoms with E-state index in [2.05, 4.69) is 12.2 Å². The van der Waals surface area contributed by atoms with Crippen molar-refractivity contribution in [3.05, 3.63) is 0 Å². The van der Waals surface area contributed by atoms with Crippen LogP contribution in [0.1, 0.15) is 32.6 Å². The highest BCUT2D eigenvalue weighted by Crippen LogP contribution is 2.13. The molecular formula is C8H17NO. The Morgan fingerprint density at radius 2 is 2.30 bits per heavy atom. The summed E-state index contributed by atoms with van der Waals surface area (Å²) in [6.45, 7) is 2.54. The lowest BCUT2D eigenvalue weighted by molar-refractivity contribution is 0.235. The van der Waals surface area contributed by atoms with Crippen LogP contribution in [0.4, 0.5) is 0 Å². The van der Waals surface area contributed by atoms with Crippen molar-refractivity contribution in [3.63, 3.8) is 0 Å². The van der Waals surface area contributed by atoms with Crippen LogP contribution in [0.2, 0.25) is 0 Å². The smallest absolute Gasteiger partial charge is 0.0445 e. The molecule has 1 aliphatic heterocycles. The maximum Gasteiger partial charge on any atom is 0.0445 e. The van der Waals surface area contributed by atoms with Crippen LogP contribution >= 0.6 is 0 Å². The summed E-state index contributed by atoms with van der Waals surface area (Å²) in [4.78, 5) is 0. The third kappa shape index (κ3) is 2.27. The van der Waals surface area contributed by atoms with E-state index in [1.54, 1.807) is 0 Å². The number of hydrogen-bond donors (Lipinski definition) is 2. The molecule has 0 bridgehead atoms. The molecule has 1 fully saturated rings. The predicted octanol–water partition coefficient (Wildman–Crippen LogP) is 0.899. The summed E-state index contributed by atoms with van der Waals surface area (Å²) in [6, 6.07) is 1.24. The van der Waals surface area contributed by atoms with Gasteiger partial charge < -0.3 is 10.4 Å². The van der Waals surface area contributed by atoms with E-state index in [-0.39, 0.29) is 0 Å². The molecule has 0 spiro atoms. The highest BCUT2D eigenvalue weighted by Gasteiger charge is 2.16. The van der Waals surface area contributed by atoms with Crippen LogP contribution in [0.15, 0.2) is 0 Å². The highest BCUT2D eigenvalue weighted by molar-refractivity contribution is 4.76. The van der Waals surface area contributed by atoms with E-state index >= 15 is 0 Å². The molecule has 2 atom stereocenters. The molecule has 0 aromatic rings. The molecule has 2 nitrogen and oxygen atoms in total. The summed E-state index contributed by atoms with van der Waals surface area (Å²) in [6.07, 6.45) is 4.77. The largest absolute Gasteiger partial charge is 0.396 e. The summed E-state index contributed by atoms with van der Waals surface area (Å²) in [5, 5.41) is 12.1. The average Bonchev–Trinajstić information content (AvgIpc) is 1.88. The van der Waals surface area contributed by atoms with Crippen molar-refractivity contribution in [1.29, 1.82) is 0 Å². The predicted molar refractivity (Wildman–Crippen MR) is 41.9 cm³/mol. The maximum atomic E-state index is 8.66. The van der Waals surface area contributed by atoms with Crippen molar-refractivity contribution in [1.82, 2.24) is 5.32 Å². The Morgan fingerprint density at radius 1 is 1.50 bits per heavy atom. The molecule has 2 N–H and O–H groups in total. The van der Waals surface area contributed by atoms with Crippen molar-refractivity contribution < 1.29 is 5.11 Å². The monoisotopic (exact) mass is 143 g/mol. The van der Waals surface area contributed by atoms with Gasteiger partial charge in [-0.1, -0.05) is 6.42 Å². The number of piperidine rings is 1. The molecule has 0 unspecified atom stereocenters. The summed E-state index contributed by atoms with van der Waals surface area (Å²) < 4.78 is 0. The maximum absolute atomic E-state index is 8.66. The van der Waals surface area contributed by atoms with E-state index in [9.17, 15) is 0 Å². The molecule has 1 aliphatic rings. The quantitative estimate of drug-likeness (QED) is 0.602. The second kappa shape index (κ2) is 3.94. The Bertz CT molecular complexity index is 93.3. The van der Waals surface area contributed by atoms with Crippen LogP contribution in [0.3, 0.4) is 0 Å². The number of aliphatic hydroxyl groups is 1. The van der Waals surface area contributed by atoms with Crippen LogP contribution < -0.4 is 5.32 Å². The summed E-state index contributed by atoms with van der Waals surface area (Å²) in [5.41, 5.74) is 0. The Balaban J connectivity index is 2.18. The lowest BCUT2D eigenvalue weighted by atomic mass is 9.98. The van der Waals surface area contributed by atoms with Gasteiger partial charge in [-0.3, -0.25) is 0 Å².